The summed E-state index contributed by atoms with van der Waals surface area (Å²) in [5, 5.41) is -0.284. The third kappa shape index (κ3) is 3.30. The molecule has 0 bridgehead atoms. The molecule has 2 nitrogen and oxygen atoms in total. The zero-order valence-electron chi connectivity index (χ0n) is 9.50. The minimum Gasteiger partial charge on any atom is -0.527 e. The second-order valence-electron chi connectivity index (χ2n) is 3.51. The van der Waals surface area contributed by atoms with Crippen LogP contribution in [0.5, 0.6) is 11.5 Å². The second-order valence-corrected chi connectivity index (χ2v) is 4.27. The molecule has 0 spiro atoms. The molecule has 98 valence electrons. The predicted molar refractivity (Wildman–Crippen MR) is 71.2 cm³/mol. The van der Waals surface area contributed by atoms with Gasteiger partial charge in [-0.15, -0.1) is 0 Å². The Morgan fingerprint density at radius 3 is 1.63 bits per heavy atom. The van der Waals surface area contributed by atoms with Crippen LogP contribution in [0.25, 0.3) is 0 Å². The van der Waals surface area contributed by atoms with Crippen molar-refractivity contribution in [2.24, 2.45) is 0 Å². The van der Waals surface area contributed by atoms with Gasteiger partial charge in [0.15, 0.2) is 0 Å². The number of hydrogen-bond acceptors (Lipinski definition) is 2. The first kappa shape index (κ1) is 14.0. The van der Waals surface area contributed by atoms with Crippen LogP contribution in [-0.2, 0) is 0 Å². The van der Waals surface area contributed by atoms with Gasteiger partial charge in [0.1, 0.15) is 33.2 Å². The molecule has 0 aliphatic rings. The first-order valence-electron chi connectivity index (χ1n) is 5.23. The Balaban J connectivity index is 2.00. The zero-order chi connectivity index (χ0) is 13.8. The number of benzene rings is 2. The van der Waals surface area contributed by atoms with Crippen LogP contribution in [0.15, 0.2) is 36.4 Å². The molecular formula is C12H7BCl2F2O2. The number of halogens is 4. The molecule has 19 heavy (non-hydrogen) atoms. The fourth-order valence-electron chi connectivity index (χ4n) is 1.35. The fraction of sp³-hybridized carbons (Fsp3) is 0. The molecule has 7 heteroatoms. The summed E-state index contributed by atoms with van der Waals surface area (Å²) in [6.07, 6.45) is 0. The highest BCUT2D eigenvalue weighted by Gasteiger charge is 2.10. The van der Waals surface area contributed by atoms with E-state index in [0.717, 1.165) is 0 Å². The van der Waals surface area contributed by atoms with Gasteiger partial charge in [-0.3, -0.25) is 0 Å². The van der Waals surface area contributed by atoms with Crippen molar-refractivity contribution in [3.63, 3.8) is 0 Å². The van der Waals surface area contributed by atoms with Gasteiger partial charge in [0.2, 0.25) is 0 Å². The van der Waals surface area contributed by atoms with Crippen LogP contribution in [0, 0.1) is 11.6 Å². The summed E-state index contributed by atoms with van der Waals surface area (Å²) in [7, 11) is -0.271. The Hall–Kier alpha value is -1.46. The molecule has 0 saturated carbocycles. The quantitative estimate of drug-likeness (QED) is 0.795. The van der Waals surface area contributed by atoms with Gasteiger partial charge in [-0.2, -0.15) is 0 Å². The van der Waals surface area contributed by atoms with Crippen molar-refractivity contribution < 1.29 is 18.1 Å². The molecule has 2 aromatic rings. The third-order valence-electron chi connectivity index (χ3n) is 2.26. The molecule has 0 fully saturated rings. The molecule has 0 N–H and O–H groups in total. The Bertz CT molecular complexity index is 544. The fourth-order valence-corrected chi connectivity index (χ4v) is 1.71. The van der Waals surface area contributed by atoms with Gasteiger partial charge in [-0.25, -0.2) is 8.78 Å². The lowest BCUT2D eigenvalue weighted by Gasteiger charge is -2.10. The topological polar surface area (TPSA) is 18.5 Å². The van der Waals surface area contributed by atoms with Gasteiger partial charge in [0, 0.05) is 0 Å². The van der Waals surface area contributed by atoms with Gasteiger partial charge in [-0.1, -0.05) is 35.3 Å². The molecule has 0 amide bonds. The smallest absolute Gasteiger partial charge is 0.527 e. The molecule has 0 unspecified atom stereocenters. The van der Waals surface area contributed by atoms with Crippen LogP contribution in [0.1, 0.15) is 0 Å². The average molecular weight is 303 g/mol. The van der Waals surface area contributed by atoms with E-state index in [9.17, 15) is 8.78 Å². The van der Waals surface area contributed by atoms with E-state index in [2.05, 4.69) is 0 Å². The van der Waals surface area contributed by atoms with E-state index in [1.807, 2.05) is 0 Å². The Kier molecular flexibility index (Phi) is 4.50. The lowest BCUT2D eigenvalue weighted by atomic mass is 10.3. The summed E-state index contributed by atoms with van der Waals surface area (Å²) in [5.41, 5.74) is 0. The lowest BCUT2D eigenvalue weighted by molar-refractivity contribution is 0.454. The van der Waals surface area contributed by atoms with E-state index in [4.69, 9.17) is 32.5 Å². The Morgan fingerprint density at radius 1 is 0.789 bits per heavy atom. The maximum absolute atomic E-state index is 13.1. The third-order valence-corrected chi connectivity index (χ3v) is 2.99. The van der Waals surface area contributed by atoms with Gasteiger partial charge in [-0.05, 0) is 24.3 Å². The van der Waals surface area contributed by atoms with Gasteiger partial charge < -0.3 is 9.31 Å². The molecular weight excluding hydrogens is 296 g/mol. The summed E-state index contributed by atoms with van der Waals surface area (Å²) in [4.78, 5) is 0. The normalized spacial score (nSPS) is 10.1. The summed E-state index contributed by atoms with van der Waals surface area (Å²) < 4.78 is 36.5. The lowest BCUT2D eigenvalue weighted by Crippen LogP contribution is -2.11. The van der Waals surface area contributed by atoms with Crippen molar-refractivity contribution in [3.05, 3.63) is 58.1 Å². The summed E-state index contributed by atoms with van der Waals surface area (Å²) in [5.74, 6) is -0.922. The average Bonchev–Trinajstić information content (AvgIpc) is 2.39. The van der Waals surface area contributed by atoms with Gasteiger partial charge >= 0.3 is 7.69 Å². The minimum absolute atomic E-state index is 0.134. The molecule has 2 aromatic carbocycles. The largest absolute Gasteiger partial charge is 0.576 e. The van der Waals surface area contributed by atoms with E-state index in [1.165, 1.54) is 36.4 Å². The van der Waals surface area contributed by atoms with Crippen molar-refractivity contribution in [2.75, 3.05) is 0 Å². The maximum Gasteiger partial charge on any atom is 0.576 e. The second kappa shape index (κ2) is 6.13. The summed E-state index contributed by atoms with van der Waals surface area (Å²) in [6, 6.07) is 8.29. The van der Waals surface area contributed by atoms with Crippen molar-refractivity contribution in [2.45, 2.75) is 0 Å². The van der Waals surface area contributed by atoms with Crippen LogP contribution >= 0.6 is 23.2 Å². The monoisotopic (exact) mass is 302 g/mol. The highest BCUT2D eigenvalue weighted by Crippen LogP contribution is 2.28. The Labute approximate surface area is 119 Å². The molecule has 0 heterocycles. The molecule has 0 radical (unpaired) electrons. The number of hydrogen-bond donors (Lipinski definition) is 0. The van der Waals surface area contributed by atoms with Gasteiger partial charge in [0.05, 0.1) is 0 Å². The van der Waals surface area contributed by atoms with Crippen LogP contribution in [0.3, 0.4) is 0 Å². The van der Waals surface area contributed by atoms with Crippen LogP contribution < -0.4 is 9.31 Å². The van der Waals surface area contributed by atoms with E-state index < -0.39 is 11.6 Å². The predicted octanol–water partition coefficient (Wildman–Crippen LogP) is 4.00. The van der Waals surface area contributed by atoms with Crippen molar-refractivity contribution >= 4 is 30.9 Å². The van der Waals surface area contributed by atoms with Crippen molar-refractivity contribution in [3.8, 4) is 11.5 Å². The maximum atomic E-state index is 13.1. The minimum atomic E-state index is -0.594. The van der Waals surface area contributed by atoms with Crippen molar-refractivity contribution in [1.29, 1.82) is 0 Å². The summed E-state index contributed by atoms with van der Waals surface area (Å²) >= 11 is 11.4. The first-order chi connectivity index (χ1) is 9.09. The molecule has 2 rings (SSSR count). The standard InChI is InChI=1S/C12H7BCl2F2O2/c14-11-7(16)3-1-5-9(11)18-13-19-10-6-2-4-8(17)12(10)15/h1-6,13H. The molecule has 0 aromatic heterocycles. The first-order valence-corrected chi connectivity index (χ1v) is 5.99. The van der Waals surface area contributed by atoms with E-state index in [1.54, 1.807) is 0 Å². The van der Waals surface area contributed by atoms with E-state index in [0.29, 0.717) is 0 Å². The zero-order valence-corrected chi connectivity index (χ0v) is 11.0. The molecule has 0 saturated heterocycles. The molecule has 0 aliphatic heterocycles. The number of rotatable bonds is 4. The van der Waals surface area contributed by atoms with Crippen molar-refractivity contribution in [1.82, 2.24) is 0 Å². The van der Waals surface area contributed by atoms with Crippen LogP contribution in [-0.4, -0.2) is 7.69 Å². The van der Waals surface area contributed by atoms with Crippen LogP contribution in [0.2, 0.25) is 10.0 Å². The SMILES string of the molecule is Fc1cccc(OBOc2cccc(F)c2Cl)c1Cl. The van der Waals surface area contributed by atoms with Gasteiger partial charge in [0.25, 0.3) is 0 Å². The van der Waals surface area contributed by atoms with E-state index >= 15 is 0 Å². The highest BCUT2D eigenvalue weighted by molar-refractivity contribution is 6.34. The Morgan fingerprint density at radius 2 is 1.21 bits per heavy atom. The van der Waals surface area contributed by atoms with E-state index in [-0.39, 0.29) is 29.2 Å². The summed E-state index contributed by atoms with van der Waals surface area (Å²) in [6.45, 7) is 0. The molecule has 0 aliphatic carbocycles. The van der Waals surface area contributed by atoms with Crippen LogP contribution in [0.4, 0.5) is 8.78 Å². The highest BCUT2D eigenvalue weighted by atomic mass is 35.5. The molecule has 0 atom stereocenters.